The van der Waals surface area contributed by atoms with E-state index in [0.717, 1.165) is 55.3 Å². The van der Waals surface area contributed by atoms with Gasteiger partial charge in [-0.05, 0) is 61.1 Å². The van der Waals surface area contributed by atoms with Crippen LogP contribution in [0, 0.1) is 0 Å². The first kappa shape index (κ1) is 25.9. The number of aryl methyl sites for hydroxylation is 1. The smallest absolute Gasteiger partial charge is 0.258 e. The maximum Gasteiger partial charge on any atom is 0.258 e. The van der Waals surface area contributed by atoms with Crippen LogP contribution in [0.3, 0.4) is 0 Å². The van der Waals surface area contributed by atoms with Crippen LogP contribution in [0.5, 0.6) is 0 Å². The van der Waals surface area contributed by atoms with E-state index in [1.165, 1.54) is 22.9 Å². The number of fused-ring (bicyclic) bond motifs is 4. The number of aromatic nitrogens is 2. The van der Waals surface area contributed by atoms with Gasteiger partial charge in [0.1, 0.15) is 0 Å². The molecule has 6 rings (SSSR count). The molecule has 1 fully saturated rings. The number of thioether (sulfide) groups is 1. The summed E-state index contributed by atoms with van der Waals surface area (Å²) in [4.78, 5) is 32.4. The lowest BCUT2D eigenvalue weighted by molar-refractivity contribution is -0.113. The summed E-state index contributed by atoms with van der Waals surface area (Å²) in [7, 11) is 0. The summed E-state index contributed by atoms with van der Waals surface area (Å²) in [6.45, 7) is 0.516. The number of halogens is 1. The molecule has 0 bridgehead atoms. The summed E-state index contributed by atoms with van der Waals surface area (Å²) in [6.07, 6.45) is 5.90. The third-order valence-electron chi connectivity index (χ3n) is 7.95. The summed E-state index contributed by atoms with van der Waals surface area (Å²) < 4.78 is 1.82. The molecule has 1 aromatic heterocycles. The van der Waals surface area contributed by atoms with Crippen LogP contribution < -0.4 is 10.9 Å². The van der Waals surface area contributed by atoms with E-state index in [0.29, 0.717) is 22.4 Å². The van der Waals surface area contributed by atoms with Gasteiger partial charge in [0.2, 0.25) is 5.91 Å². The van der Waals surface area contributed by atoms with Crippen LogP contribution in [-0.2, 0) is 29.6 Å². The van der Waals surface area contributed by atoms with E-state index in [1.54, 1.807) is 24.3 Å². The maximum atomic E-state index is 14.4. The molecule has 2 aliphatic rings. The molecule has 5 nitrogen and oxygen atoms in total. The Morgan fingerprint density at radius 2 is 1.69 bits per heavy atom. The lowest BCUT2D eigenvalue weighted by Gasteiger charge is -2.36. The minimum absolute atomic E-state index is 0.0490. The van der Waals surface area contributed by atoms with Crippen LogP contribution in [0.25, 0.3) is 11.3 Å². The Balaban J connectivity index is 1.38. The van der Waals surface area contributed by atoms with Gasteiger partial charge in [-0.15, -0.1) is 0 Å². The van der Waals surface area contributed by atoms with Crippen molar-refractivity contribution in [2.75, 3.05) is 11.1 Å². The average molecular weight is 556 g/mol. The number of carbonyl (C=O) groups excluding carboxylic acids is 1. The van der Waals surface area contributed by atoms with Crippen molar-refractivity contribution >= 4 is 35.0 Å². The van der Waals surface area contributed by atoms with E-state index in [4.69, 9.17) is 16.6 Å². The highest BCUT2D eigenvalue weighted by atomic mass is 35.5. The molecule has 7 heteroatoms. The summed E-state index contributed by atoms with van der Waals surface area (Å²) in [6, 6.07) is 25.6. The summed E-state index contributed by atoms with van der Waals surface area (Å²) in [5.74, 6) is -0.0111. The van der Waals surface area contributed by atoms with Gasteiger partial charge in [0.15, 0.2) is 5.16 Å². The largest absolute Gasteiger partial charge is 0.325 e. The molecular weight excluding hydrogens is 526 g/mol. The molecule has 1 saturated carbocycles. The molecular formula is C32H30ClN3O2S. The number of anilines is 1. The molecule has 198 valence electrons. The normalized spacial score (nSPS) is 15.1. The fraction of sp³-hybridized carbons (Fsp3) is 0.281. The molecule has 0 radical (unpaired) electrons. The molecule has 1 heterocycles. The van der Waals surface area contributed by atoms with Crippen molar-refractivity contribution in [3.05, 3.63) is 111 Å². The highest BCUT2D eigenvalue weighted by Crippen LogP contribution is 2.50. The number of carbonyl (C=O) groups is 1. The van der Waals surface area contributed by atoms with Crippen molar-refractivity contribution in [3.63, 3.8) is 0 Å². The number of hydrogen-bond acceptors (Lipinski definition) is 4. The quantitative estimate of drug-likeness (QED) is 0.199. The van der Waals surface area contributed by atoms with Crippen LogP contribution in [0.2, 0.25) is 5.02 Å². The molecule has 1 amide bonds. The van der Waals surface area contributed by atoms with Crippen LogP contribution in [-0.4, -0.2) is 21.2 Å². The van der Waals surface area contributed by atoms with Gasteiger partial charge in [-0.25, -0.2) is 4.98 Å². The summed E-state index contributed by atoms with van der Waals surface area (Å²) in [5, 5.41) is 4.12. The van der Waals surface area contributed by atoms with Crippen molar-refractivity contribution in [3.8, 4) is 11.3 Å². The molecule has 0 saturated heterocycles. The van der Waals surface area contributed by atoms with E-state index < -0.39 is 0 Å². The summed E-state index contributed by atoms with van der Waals surface area (Å²) in [5.41, 5.74) is 5.73. The predicted octanol–water partition coefficient (Wildman–Crippen LogP) is 6.91. The zero-order valence-corrected chi connectivity index (χ0v) is 23.2. The third-order valence-corrected chi connectivity index (χ3v) is 9.18. The molecule has 4 aromatic rings. The fourth-order valence-corrected chi connectivity index (χ4v) is 7.04. The van der Waals surface area contributed by atoms with Crippen LogP contribution >= 0.6 is 23.4 Å². The van der Waals surface area contributed by atoms with Crippen molar-refractivity contribution in [1.82, 2.24) is 9.55 Å². The second-order valence-electron chi connectivity index (χ2n) is 10.5. The fourth-order valence-electron chi connectivity index (χ4n) is 6.10. The van der Waals surface area contributed by atoms with Gasteiger partial charge in [-0.2, -0.15) is 0 Å². The van der Waals surface area contributed by atoms with Gasteiger partial charge in [0.05, 0.1) is 17.0 Å². The van der Waals surface area contributed by atoms with Crippen LogP contribution in [0.4, 0.5) is 5.69 Å². The molecule has 0 aliphatic heterocycles. The molecule has 1 N–H and O–H groups in total. The van der Waals surface area contributed by atoms with Gasteiger partial charge < -0.3 is 5.32 Å². The highest BCUT2D eigenvalue weighted by molar-refractivity contribution is 7.99. The van der Waals surface area contributed by atoms with Gasteiger partial charge in [-0.3, -0.25) is 14.2 Å². The zero-order valence-electron chi connectivity index (χ0n) is 21.7. The third kappa shape index (κ3) is 5.28. The SMILES string of the molecule is O=C(CSc1nc2c(c(=O)n1CCc1ccccc1)C1(CCCC1)Cc1ccccc1-2)Nc1ccc(Cl)cc1. The van der Waals surface area contributed by atoms with Crippen molar-refractivity contribution in [2.45, 2.75) is 55.6 Å². The average Bonchev–Trinajstić information content (AvgIpc) is 3.41. The zero-order chi connectivity index (χ0) is 26.8. The van der Waals surface area contributed by atoms with E-state index in [1.807, 2.05) is 28.8 Å². The Hall–Kier alpha value is -3.35. The number of amides is 1. The van der Waals surface area contributed by atoms with E-state index in [9.17, 15) is 9.59 Å². The number of hydrogen-bond donors (Lipinski definition) is 1. The molecule has 3 aromatic carbocycles. The van der Waals surface area contributed by atoms with E-state index in [-0.39, 0.29) is 22.6 Å². The lowest BCUT2D eigenvalue weighted by atomic mass is 9.68. The molecule has 1 spiro atoms. The Morgan fingerprint density at radius 1 is 0.974 bits per heavy atom. The summed E-state index contributed by atoms with van der Waals surface area (Å²) >= 11 is 7.30. The monoisotopic (exact) mass is 555 g/mol. The Bertz CT molecular complexity index is 1560. The Morgan fingerprint density at radius 3 is 2.46 bits per heavy atom. The first-order valence-corrected chi connectivity index (χ1v) is 14.8. The van der Waals surface area contributed by atoms with Gasteiger partial charge in [-0.1, -0.05) is 90.8 Å². The second kappa shape index (κ2) is 11.0. The van der Waals surface area contributed by atoms with E-state index in [2.05, 4.69) is 35.6 Å². The van der Waals surface area contributed by atoms with Crippen LogP contribution in [0.15, 0.2) is 88.8 Å². The van der Waals surface area contributed by atoms with Crippen molar-refractivity contribution in [2.24, 2.45) is 0 Å². The second-order valence-corrected chi connectivity index (χ2v) is 11.9. The van der Waals surface area contributed by atoms with Gasteiger partial charge in [0.25, 0.3) is 5.56 Å². The first-order valence-electron chi connectivity index (χ1n) is 13.5. The number of rotatable bonds is 7. The number of benzene rings is 3. The van der Waals surface area contributed by atoms with E-state index >= 15 is 0 Å². The molecule has 0 atom stereocenters. The topological polar surface area (TPSA) is 64.0 Å². The minimum atomic E-state index is -0.156. The minimum Gasteiger partial charge on any atom is -0.325 e. The van der Waals surface area contributed by atoms with Crippen molar-refractivity contribution in [1.29, 1.82) is 0 Å². The predicted molar refractivity (Wildman–Crippen MR) is 159 cm³/mol. The molecule has 2 aliphatic carbocycles. The Kier molecular flexibility index (Phi) is 7.32. The first-order chi connectivity index (χ1) is 19.0. The number of nitrogens with zero attached hydrogens (tertiary/aromatic N) is 2. The Labute approximate surface area is 237 Å². The van der Waals surface area contributed by atoms with Crippen LogP contribution in [0.1, 0.15) is 42.4 Å². The molecule has 39 heavy (non-hydrogen) atoms. The lowest BCUT2D eigenvalue weighted by Crippen LogP contribution is -2.40. The van der Waals surface area contributed by atoms with Gasteiger partial charge in [0, 0.05) is 28.2 Å². The maximum absolute atomic E-state index is 14.4. The van der Waals surface area contributed by atoms with Crippen molar-refractivity contribution < 1.29 is 4.79 Å². The van der Waals surface area contributed by atoms with Gasteiger partial charge >= 0.3 is 0 Å². The number of nitrogens with one attached hydrogen (secondary N) is 1. The molecule has 0 unspecified atom stereocenters. The standard InChI is InChI=1S/C32H30ClN3O2S/c33-24-12-14-25(15-13-24)34-27(37)21-39-31-35-29-26-11-5-4-10-23(26)20-32(17-6-7-18-32)28(29)30(38)36(31)19-16-22-8-2-1-3-9-22/h1-5,8-15H,6-7,16-21H2,(H,34,37). The highest BCUT2D eigenvalue weighted by Gasteiger charge is 2.44.